The van der Waals surface area contributed by atoms with E-state index in [1.807, 2.05) is 6.92 Å². The monoisotopic (exact) mass is 566 g/mol. The zero-order valence-corrected chi connectivity index (χ0v) is 22.8. The molecule has 212 valence electrons. The van der Waals surface area contributed by atoms with Gasteiger partial charge < -0.3 is 33.4 Å². The van der Waals surface area contributed by atoms with Gasteiger partial charge in [-0.1, -0.05) is 12.6 Å². The summed E-state index contributed by atoms with van der Waals surface area (Å²) in [6.45, 7) is 5.31. The first-order valence-corrected chi connectivity index (χ1v) is 14.2. The number of hydrogen-bond acceptors (Lipinski definition) is 11. The molecule has 1 aromatic carbocycles. The van der Waals surface area contributed by atoms with E-state index in [1.165, 1.54) is 19.2 Å². The highest BCUT2D eigenvalue weighted by atomic mass is 31.2. The van der Waals surface area contributed by atoms with Gasteiger partial charge >= 0.3 is 13.8 Å². The molecule has 0 spiro atoms. The number of fused-ring (bicyclic) bond motifs is 1. The van der Waals surface area contributed by atoms with Crippen molar-refractivity contribution < 1.29 is 41.7 Å². The number of carbonyl (C=O) groups excluding carboxylic acids is 1. The standard InChI is InChI=1S/C25H32FN4O8P/c1-17-23-24(29-18(2)28-17)30(14-27-23)10-11-34-16-39(32,36-13-19-8-9-22(33-3)21(26)12-19)37-15-35-25(31)38-20-6-4-5-7-20/h8-9,12,14,20H,1,4-7,10-11,13,15-16H2,2-3H3,(H,28,29). The van der Waals surface area contributed by atoms with Gasteiger partial charge in [0.1, 0.15) is 24.0 Å². The number of nitrogens with zero attached hydrogens (tertiary/aromatic N) is 3. The van der Waals surface area contributed by atoms with Crippen molar-refractivity contribution in [2.75, 3.05) is 26.9 Å². The summed E-state index contributed by atoms with van der Waals surface area (Å²) in [6, 6.07) is 4.20. The van der Waals surface area contributed by atoms with Crippen LogP contribution >= 0.6 is 7.60 Å². The van der Waals surface area contributed by atoms with E-state index in [4.69, 9.17) is 28.0 Å². The van der Waals surface area contributed by atoms with Crippen LogP contribution in [0.2, 0.25) is 0 Å². The number of benzene rings is 1. The van der Waals surface area contributed by atoms with E-state index in [0.717, 1.165) is 25.7 Å². The Morgan fingerprint density at radius 3 is 2.82 bits per heavy atom. The van der Waals surface area contributed by atoms with Crippen LogP contribution in [0.15, 0.2) is 36.1 Å². The van der Waals surface area contributed by atoms with E-state index in [-0.39, 0.29) is 25.1 Å². The highest BCUT2D eigenvalue weighted by molar-refractivity contribution is 7.53. The number of aliphatic imine (C=N–C) groups is 1. The predicted molar refractivity (Wildman–Crippen MR) is 139 cm³/mol. The second kappa shape index (κ2) is 13.2. The summed E-state index contributed by atoms with van der Waals surface area (Å²) in [6.07, 6.45) is 3.59. The third-order valence-electron chi connectivity index (χ3n) is 6.06. The van der Waals surface area contributed by atoms with Crippen molar-refractivity contribution in [2.24, 2.45) is 4.99 Å². The molecule has 14 heteroatoms. The number of ether oxygens (including phenoxy) is 4. The molecule has 1 aliphatic heterocycles. The Morgan fingerprint density at radius 2 is 2.08 bits per heavy atom. The van der Waals surface area contributed by atoms with Crippen LogP contribution in [-0.4, -0.2) is 54.5 Å². The number of imidazole rings is 1. The molecule has 1 atom stereocenters. The van der Waals surface area contributed by atoms with Crippen LogP contribution in [0, 0.1) is 5.82 Å². The maximum atomic E-state index is 14.1. The third-order valence-corrected chi connectivity index (χ3v) is 7.58. The van der Waals surface area contributed by atoms with E-state index in [2.05, 4.69) is 21.9 Å². The minimum atomic E-state index is -3.95. The Balaban J connectivity index is 1.33. The zero-order valence-electron chi connectivity index (χ0n) is 21.9. The Hall–Kier alpha value is -3.25. The molecule has 1 N–H and O–H groups in total. The van der Waals surface area contributed by atoms with Crippen molar-refractivity contribution in [3.05, 3.63) is 48.2 Å². The normalized spacial score (nSPS) is 16.7. The summed E-state index contributed by atoms with van der Waals surface area (Å²) < 4.78 is 60.8. The molecular formula is C25H32FN4O8P. The molecule has 2 aliphatic rings. The lowest BCUT2D eigenvalue weighted by Gasteiger charge is -2.19. The van der Waals surface area contributed by atoms with Gasteiger partial charge in [-0.25, -0.2) is 19.2 Å². The van der Waals surface area contributed by atoms with E-state index in [9.17, 15) is 13.8 Å². The fourth-order valence-corrected chi connectivity index (χ4v) is 5.22. The van der Waals surface area contributed by atoms with Gasteiger partial charge in [0.15, 0.2) is 17.4 Å². The Morgan fingerprint density at radius 1 is 1.28 bits per heavy atom. The van der Waals surface area contributed by atoms with Gasteiger partial charge in [-0.15, -0.1) is 0 Å². The van der Waals surface area contributed by atoms with Crippen LogP contribution in [0.25, 0.3) is 5.70 Å². The number of rotatable bonds is 13. The van der Waals surface area contributed by atoms with Crippen molar-refractivity contribution >= 4 is 31.1 Å². The molecule has 1 aliphatic carbocycles. The average Bonchev–Trinajstić information content (AvgIpc) is 3.56. The average molecular weight is 567 g/mol. The summed E-state index contributed by atoms with van der Waals surface area (Å²) in [7, 11) is -2.59. The number of halogens is 1. The summed E-state index contributed by atoms with van der Waals surface area (Å²) in [5.41, 5.74) is 1.67. The molecule has 4 rings (SSSR count). The summed E-state index contributed by atoms with van der Waals surface area (Å²) in [4.78, 5) is 20.7. The first-order chi connectivity index (χ1) is 18.8. The number of carbonyl (C=O) groups is 1. The number of nitrogens with one attached hydrogen (secondary N) is 1. The SMILES string of the molecule is C=C1NC(C)=Nc2c1ncn2CCOCP(=O)(OCOC(=O)OC1CCCC1)OCc1ccc(OC)c(F)c1. The maximum Gasteiger partial charge on any atom is 0.510 e. The molecule has 0 saturated heterocycles. The van der Waals surface area contributed by atoms with Crippen molar-refractivity contribution in [3.63, 3.8) is 0 Å². The van der Waals surface area contributed by atoms with Gasteiger partial charge in [-0.3, -0.25) is 9.09 Å². The topological polar surface area (TPSA) is 132 Å². The molecule has 39 heavy (non-hydrogen) atoms. The van der Waals surface area contributed by atoms with Crippen LogP contribution in [0.5, 0.6) is 5.75 Å². The quantitative estimate of drug-likeness (QED) is 0.151. The zero-order chi connectivity index (χ0) is 27.8. The van der Waals surface area contributed by atoms with Gasteiger partial charge in [-0.2, -0.15) is 0 Å². The fraction of sp³-hybridized carbons (Fsp3) is 0.480. The van der Waals surface area contributed by atoms with E-state index < -0.39 is 32.7 Å². The summed E-state index contributed by atoms with van der Waals surface area (Å²) >= 11 is 0. The predicted octanol–water partition coefficient (Wildman–Crippen LogP) is 5.11. The third kappa shape index (κ3) is 7.89. The second-order valence-electron chi connectivity index (χ2n) is 8.97. The van der Waals surface area contributed by atoms with Crippen molar-refractivity contribution in [2.45, 2.75) is 51.9 Å². The van der Waals surface area contributed by atoms with Gasteiger partial charge in [0.2, 0.25) is 6.79 Å². The molecule has 0 radical (unpaired) electrons. The minimum absolute atomic E-state index is 0.0660. The molecule has 1 fully saturated rings. The highest BCUT2D eigenvalue weighted by Gasteiger charge is 2.28. The van der Waals surface area contributed by atoms with Crippen LogP contribution in [-0.2, 0) is 41.0 Å². The molecular weight excluding hydrogens is 534 g/mol. The van der Waals surface area contributed by atoms with Crippen molar-refractivity contribution in [1.82, 2.24) is 14.9 Å². The smallest absolute Gasteiger partial charge is 0.494 e. The summed E-state index contributed by atoms with van der Waals surface area (Å²) in [5.74, 6) is 0.786. The molecule has 1 saturated carbocycles. The number of aromatic nitrogens is 2. The lowest BCUT2D eigenvalue weighted by atomic mass is 10.2. The van der Waals surface area contributed by atoms with Gasteiger partial charge in [0, 0.05) is 6.54 Å². The molecule has 1 unspecified atom stereocenters. The number of amidine groups is 1. The lowest BCUT2D eigenvalue weighted by Crippen LogP contribution is -2.22. The maximum absolute atomic E-state index is 14.1. The molecule has 1 aromatic heterocycles. The van der Waals surface area contributed by atoms with E-state index >= 15 is 0 Å². The Labute approximate surface area is 225 Å². The van der Waals surface area contributed by atoms with Crippen LogP contribution in [0.4, 0.5) is 15.0 Å². The second-order valence-corrected chi connectivity index (χ2v) is 11.0. The van der Waals surface area contributed by atoms with Crippen molar-refractivity contribution in [1.29, 1.82) is 0 Å². The number of methoxy groups -OCH3 is 1. The number of hydrogen-bond donors (Lipinski definition) is 1. The van der Waals surface area contributed by atoms with Crippen molar-refractivity contribution in [3.8, 4) is 5.75 Å². The largest absolute Gasteiger partial charge is 0.510 e. The van der Waals surface area contributed by atoms with Crippen LogP contribution in [0.3, 0.4) is 0 Å². The first kappa shape index (κ1) is 28.8. The van der Waals surface area contributed by atoms with E-state index in [0.29, 0.717) is 35.2 Å². The molecule has 2 aromatic rings. The van der Waals surface area contributed by atoms with Crippen LogP contribution < -0.4 is 10.1 Å². The van der Waals surface area contributed by atoms with Gasteiger partial charge in [0.05, 0.1) is 32.3 Å². The van der Waals surface area contributed by atoms with E-state index in [1.54, 1.807) is 17.0 Å². The Kier molecular flexibility index (Phi) is 9.73. The first-order valence-electron chi connectivity index (χ1n) is 12.4. The molecule has 0 amide bonds. The lowest BCUT2D eigenvalue weighted by molar-refractivity contribution is -0.0211. The van der Waals surface area contributed by atoms with Gasteiger partial charge in [0.25, 0.3) is 0 Å². The van der Waals surface area contributed by atoms with Gasteiger partial charge in [-0.05, 0) is 50.3 Å². The summed E-state index contributed by atoms with van der Waals surface area (Å²) in [5, 5.41) is 3.02. The molecule has 2 heterocycles. The highest BCUT2D eigenvalue weighted by Crippen LogP contribution is 2.49. The minimum Gasteiger partial charge on any atom is -0.494 e. The molecule has 12 nitrogen and oxygen atoms in total. The molecule has 0 bridgehead atoms. The fourth-order valence-electron chi connectivity index (χ4n) is 4.09. The Bertz CT molecular complexity index is 1260. The van der Waals surface area contributed by atoms with Crippen LogP contribution in [0.1, 0.15) is 43.9 Å².